The van der Waals surface area contributed by atoms with Crippen LogP contribution in [0.5, 0.6) is 0 Å². The van der Waals surface area contributed by atoms with Gasteiger partial charge in [-0.1, -0.05) is 11.6 Å². The van der Waals surface area contributed by atoms with Gasteiger partial charge in [-0.05, 0) is 62.9 Å². The first kappa shape index (κ1) is 20.4. The molecule has 2 aliphatic rings. The van der Waals surface area contributed by atoms with Crippen LogP contribution in [0.25, 0.3) is 22.2 Å². The summed E-state index contributed by atoms with van der Waals surface area (Å²) in [4.78, 5) is 24.8. The van der Waals surface area contributed by atoms with E-state index in [1.165, 1.54) is 17.1 Å². The first-order chi connectivity index (χ1) is 14.9. The molecule has 1 aromatic carbocycles. The van der Waals surface area contributed by atoms with Crippen LogP contribution in [0.3, 0.4) is 0 Å². The molecule has 2 fully saturated rings. The molecule has 162 valence electrons. The Labute approximate surface area is 185 Å². The molecule has 4 heterocycles. The monoisotopic (exact) mass is 441 g/mol. The van der Waals surface area contributed by atoms with E-state index < -0.39 is 5.82 Å². The van der Waals surface area contributed by atoms with Gasteiger partial charge in [0.25, 0.3) is 5.56 Å². The SMILES string of the molecule is Cc1nc2cc(N3CCC[C@@H](C4CNC4)C3)nc(-c3ccc(Cl)cc3F)c2c(=O)n1C. The van der Waals surface area contributed by atoms with Gasteiger partial charge in [0.2, 0.25) is 0 Å². The van der Waals surface area contributed by atoms with Gasteiger partial charge in [-0.2, -0.15) is 0 Å². The third kappa shape index (κ3) is 3.59. The Kier molecular flexibility index (Phi) is 5.18. The number of aryl methyl sites for hydroxylation is 1. The van der Waals surface area contributed by atoms with Gasteiger partial charge in [0, 0.05) is 36.8 Å². The summed E-state index contributed by atoms with van der Waals surface area (Å²) in [6.45, 7) is 5.74. The third-order valence-electron chi connectivity index (χ3n) is 6.72. The second-order valence-electron chi connectivity index (χ2n) is 8.64. The molecule has 0 unspecified atom stereocenters. The number of halogens is 2. The zero-order chi connectivity index (χ0) is 21.7. The van der Waals surface area contributed by atoms with Gasteiger partial charge >= 0.3 is 0 Å². The van der Waals surface area contributed by atoms with Gasteiger partial charge in [-0.15, -0.1) is 0 Å². The lowest BCUT2D eigenvalue weighted by Gasteiger charge is -2.41. The zero-order valence-corrected chi connectivity index (χ0v) is 18.4. The van der Waals surface area contributed by atoms with Crippen molar-refractivity contribution in [3.8, 4) is 11.3 Å². The molecule has 0 saturated carbocycles. The van der Waals surface area contributed by atoms with Crippen LogP contribution in [-0.4, -0.2) is 40.7 Å². The minimum absolute atomic E-state index is 0.233. The molecule has 8 heteroatoms. The smallest absolute Gasteiger partial charge is 0.263 e. The molecule has 0 amide bonds. The molecule has 2 aromatic heterocycles. The second kappa shape index (κ2) is 7.88. The fourth-order valence-corrected chi connectivity index (χ4v) is 4.83. The highest BCUT2D eigenvalue weighted by molar-refractivity contribution is 6.30. The summed E-state index contributed by atoms with van der Waals surface area (Å²) in [5.41, 5.74) is 0.892. The van der Waals surface area contributed by atoms with Gasteiger partial charge in [-0.3, -0.25) is 9.36 Å². The highest BCUT2D eigenvalue weighted by Gasteiger charge is 2.32. The Morgan fingerprint density at radius 1 is 1.19 bits per heavy atom. The Morgan fingerprint density at radius 3 is 2.71 bits per heavy atom. The van der Waals surface area contributed by atoms with Gasteiger partial charge in [0.05, 0.1) is 16.6 Å². The number of anilines is 1. The van der Waals surface area contributed by atoms with Crippen molar-refractivity contribution < 1.29 is 4.39 Å². The van der Waals surface area contributed by atoms with Crippen LogP contribution in [0.1, 0.15) is 18.7 Å². The Morgan fingerprint density at radius 2 is 2.00 bits per heavy atom. The van der Waals surface area contributed by atoms with E-state index in [0.717, 1.165) is 38.4 Å². The number of pyridine rings is 1. The normalized spacial score (nSPS) is 19.6. The summed E-state index contributed by atoms with van der Waals surface area (Å²) in [5.74, 6) is 2.16. The van der Waals surface area contributed by atoms with Crippen LogP contribution in [0, 0.1) is 24.6 Å². The number of rotatable bonds is 3. The fourth-order valence-electron chi connectivity index (χ4n) is 4.67. The molecule has 5 rings (SSSR count). The largest absolute Gasteiger partial charge is 0.356 e. The van der Waals surface area contributed by atoms with Crippen LogP contribution >= 0.6 is 11.6 Å². The van der Waals surface area contributed by atoms with Gasteiger partial charge in [0.15, 0.2) is 0 Å². The van der Waals surface area contributed by atoms with E-state index in [4.69, 9.17) is 16.6 Å². The number of nitrogens with zero attached hydrogens (tertiary/aromatic N) is 4. The average molecular weight is 442 g/mol. The van der Waals surface area contributed by atoms with Crippen molar-refractivity contribution in [1.29, 1.82) is 0 Å². The Hall–Kier alpha value is -2.51. The molecule has 0 spiro atoms. The number of aromatic nitrogens is 3. The summed E-state index contributed by atoms with van der Waals surface area (Å²) in [6.07, 6.45) is 2.31. The lowest BCUT2D eigenvalue weighted by molar-refractivity contribution is 0.207. The van der Waals surface area contributed by atoms with Crippen molar-refractivity contribution in [2.45, 2.75) is 19.8 Å². The van der Waals surface area contributed by atoms with Crippen molar-refractivity contribution in [3.63, 3.8) is 0 Å². The maximum Gasteiger partial charge on any atom is 0.263 e. The van der Waals surface area contributed by atoms with E-state index in [1.807, 2.05) is 6.07 Å². The van der Waals surface area contributed by atoms with Gasteiger partial charge < -0.3 is 10.2 Å². The minimum Gasteiger partial charge on any atom is -0.356 e. The second-order valence-corrected chi connectivity index (χ2v) is 9.07. The standard InChI is InChI=1S/C23H25ClFN5O/c1-13-27-19-9-20(30-7-3-4-14(12-30)15-10-26-11-15)28-22(21(19)23(31)29(13)2)17-6-5-16(24)8-18(17)25/h5-6,8-9,14-15,26H,3-4,7,10-12H2,1-2H3/t14-/m1/s1. The molecule has 1 atom stereocenters. The van der Waals surface area contributed by atoms with Crippen molar-refractivity contribution >= 4 is 28.3 Å². The van der Waals surface area contributed by atoms with Crippen molar-refractivity contribution in [3.05, 3.63) is 51.3 Å². The van der Waals surface area contributed by atoms with Crippen LogP contribution in [-0.2, 0) is 7.05 Å². The predicted molar refractivity (Wildman–Crippen MR) is 121 cm³/mol. The van der Waals surface area contributed by atoms with Crippen molar-refractivity contribution in [2.24, 2.45) is 18.9 Å². The van der Waals surface area contributed by atoms with E-state index in [2.05, 4.69) is 15.2 Å². The maximum absolute atomic E-state index is 14.9. The van der Waals surface area contributed by atoms with E-state index in [1.54, 1.807) is 26.1 Å². The number of piperidine rings is 1. The first-order valence-corrected chi connectivity index (χ1v) is 11.1. The summed E-state index contributed by atoms with van der Waals surface area (Å²) in [7, 11) is 1.67. The maximum atomic E-state index is 14.9. The molecule has 0 bridgehead atoms. The Balaban J connectivity index is 1.68. The summed E-state index contributed by atoms with van der Waals surface area (Å²) >= 11 is 5.97. The van der Waals surface area contributed by atoms with Crippen molar-refractivity contribution in [2.75, 3.05) is 31.1 Å². The highest BCUT2D eigenvalue weighted by Crippen LogP contribution is 2.34. The lowest BCUT2D eigenvalue weighted by Crippen LogP contribution is -2.51. The molecule has 2 saturated heterocycles. The van der Waals surface area contributed by atoms with E-state index in [0.29, 0.717) is 39.3 Å². The van der Waals surface area contributed by atoms with E-state index in [9.17, 15) is 9.18 Å². The van der Waals surface area contributed by atoms with Gasteiger partial charge in [0.1, 0.15) is 17.5 Å². The molecule has 0 radical (unpaired) electrons. The molecular formula is C23H25ClFN5O. The number of hydrogen-bond donors (Lipinski definition) is 1. The fraction of sp³-hybridized carbons (Fsp3) is 0.435. The van der Waals surface area contributed by atoms with Crippen molar-refractivity contribution in [1.82, 2.24) is 19.9 Å². The molecule has 1 N–H and O–H groups in total. The number of benzene rings is 1. The van der Waals surface area contributed by atoms with Crippen LogP contribution in [0.2, 0.25) is 5.02 Å². The van der Waals surface area contributed by atoms with Crippen LogP contribution < -0.4 is 15.8 Å². The topological polar surface area (TPSA) is 63.1 Å². The molecular weight excluding hydrogens is 417 g/mol. The summed E-state index contributed by atoms with van der Waals surface area (Å²) in [5, 5.41) is 3.99. The van der Waals surface area contributed by atoms with Crippen LogP contribution in [0.15, 0.2) is 29.1 Å². The Bertz CT molecular complexity index is 1220. The number of nitrogens with one attached hydrogen (secondary N) is 1. The highest BCUT2D eigenvalue weighted by atomic mass is 35.5. The molecule has 31 heavy (non-hydrogen) atoms. The quantitative estimate of drug-likeness (QED) is 0.673. The van der Waals surface area contributed by atoms with Gasteiger partial charge in [-0.25, -0.2) is 14.4 Å². The molecule has 6 nitrogen and oxygen atoms in total. The average Bonchev–Trinajstić information content (AvgIpc) is 2.70. The summed E-state index contributed by atoms with van der Waals surface area (Å²) < 4.78 is 16.4. The number of hydrogen-bond acceptors (Lipinski definition) is 5. The van der Waals surface area contributed by atoms with E-state index in [-0.39, 0.29) is 11.1 Å². The third-order valence-corrected chi connectivity index (χ3v) is 6.95. The summed E-state index contributed by atoms with van der Waals surface area (Å²) in [6, 6.07) is 6.33. The minimum atomic E-state index is -0.502. The molecule has 2 aliphatic heterocycles. The molecule has 0 aliphatic carbocycles. The predicted octanol–water partition coefficient (Wildman–Crippen LogP) is 3.53. The first-order valence-electron chi connectivity index (χ1n) is 10.7. The zero-order valence-electron chi connectivity index (χ0n) is 17.7. The van der Waals surface area contributed by atoms with E-state index >= 15 is 0 Å². The lowest BCUT2D eigenvalue weighted by atomic mass is 9.82. The molecule has 3 aromatic rings. The van der Waals surface area contributed by atoms with Crippen LogP contribution in [0.4, 0.5) is 10.2 Å². The number of fused-ring (bicyclic) bond motifs is 1.